The molecule has 0 bridgehead atoms. The zero-order chi connectivity index (χ0) is 13.8. The number of rotatable bonds is 4. The molecule has 1 N–H and O–H groups in total. The smallest absolute Gasteiger partial charge is 0.131 e. The Morgan fingerprint density at radius 2 is 1.79 bits per heavy atom. The minimum Gasteiger partial charge on any atom is -0.357 e. The molecule has 4 nitrogen and oxygen atoms in total. The lowest BCUT2D eigenvalue weighted by molar-refractivity contribution is 0.585. The number of aromatic nitrogens is 2. The van der Waals surface area contributed by atoms with Crippen molar-refractivity contribution >= 4 is 5.82 Å². The third-order valence-electron chi connectivity index (χ3n) is 3.91. The van der Waals surface area contributed by atoms with Crippen LogP contribution in [-0.4, -0.2) is 28.9 Å². The number of nitrogens with one attached hydrogen (secondary N) is 1. The van der Waals surface area contributed by atoms with Crippen LogP contribution in [0.15, 0.2) is 0 Å². The summed E-state index contributed by atoms with van der Waals surface area (Å²) in [4.78, 5) is 2.53. The number of anilines is 1. The van der Waals surface area contributed by atoms with E-state index in [4.69, 9.17) is 0 Å². The van der Waals surface area contributed by atoms with Crippen LogP contribution in [0.1, 0.15) is 50.8 Å². The maximum atomic E-state index is 4.63. The van der Waals surface area contributed by atoms with Crippen LogP contribution in [0.3, 0.4) is 0 Å². The van der Waals surface area contributed by atoms with Gasteiger partial charge in [0.05, 0.1) is 5.69 Å². The summed E-state index contributed by atoms with van der Waals surface area (Å²) in [5.74, 6) is 1.33. The third kappa shape index (κ3) is 3.50. The van der Waals surface area contributed by atoms with Crippen molar-refractivity contribution in [2.45, 2.75) is 59.0 Å². The van der Waals surface area contributed by atoms with Crippen molar-refractivity contribution in [2.24, 2.45) is 7.05 Å². The second-order valence-electron chi connectivity index (χ2n) is 5.95. The predicted octanol–water partition coefficient (Wildman–Crippen LogP) is 2.61. The van der Waals surface area contributed by atoms with Gasteiger partial charge in [-0.25, -0.2) is 0 Å². The first-order valence-corrected chi connectivity index (χ1v) is 7.60. The molecule has 1 aliphatic rings. The van der Waals surface area contributed by atoms with Crippen LogP contribution in [0.25, 0.3) is 0 Å². The average molecular weight is 264 g/mol. The molecule has 2 heterocycles. The van der Waals surface area contributed by atoms with Crippen LogP contribution < -0.4 is 10.2 Å². The van der Waals surface area contributed by atoms with E-state index in [-0.39, 0.29) is 0 Å². The first kappa shape index (κ1) is 14.4. The molecule has 0 aromatic carbocycles. The van der Waals surface area contributed by atoms with Gasteiger partial charge in [-0.15, -0.1) is 0 Å². The van der Waals surface area contributed by atoms with Gasteiger partial charge in [0.15, 0.2) is 0 Å². The fourth-order valence-corrected chi connectivity index (χ4v) is 2.88. The second kappa shape index (κ2) is 6.42. The van der Waals surface area contributed by atoms with Gasteiger partial charge < -0.3 is 10.2 Å². The van der Waals surface area contributed by atoms with E-state index in [9.17, 15) is 0 Å². The molecular weight excluding hydrogens is 236 g/mol. The van der Waals surface area contributed by atoms with Crippen molar-refractivity contribution < 1.29 is 0 Å². The molecule has 1 aliphatic heterocycles. The Hall–Kier alpha value is -1.03. The standard InChI is InChI=1S/C15H28N4/c1-12(2)16-11-14-13(3)17-18(4)15(14)19-9-7-5-6-8-10-19/h12,16H,5-11H2,1-4H3. The fraction of sp³-hybridized carbons (Fsp3) is 0.800. The van der Waals surface area contributed by atoms with Gasteiger partial charge in [0.1, 0.15) is 5.82 Å². The van der Waals surface area contributed by atoms with E-state index in [1.807, 2.05) is 0 Å². The minimum atomic E-state index is 0.511. The van der Waals surface area contributed by atoms with Crippen LogP contribution in [0.5, 0.6) is 0 Å². The monoisotopic (exact) mass is 264 g/mol. The summed E-state index contributed by atoms with van der Waals surface area (Å²) in [6.07, 6.45) is 5.35. The van der Waals surface area contributed by atoms with Crippen molar-refractivity contribution in [1.82, 2.24) is 15.1 Å². The first-order chi connectivity index (χ1) is 9.09. The van der Waals surface area contributed by atoms with Gasteiger partial charge >= 0.3 is 0 Å². The Kier molecular flexibility index (Phi) is 4.86. The predicted molar refractivity (Wildman–Crippen MR) is 80.6 cm³/mol. The summed E-state index contributed by atoms with van der Waals surface area (Å²) in [5, 5.41) is 8.16. The summed E-state index contributed by atoms with van der Waals surface area (Å²) in [5.41, 5.74) is 2.54. The average Bonchev–Trinajstić information content (AvgIpc) is 2.57. The number of nitrogens with zero attached hydrogens (tertiary/aromatic N) is 3. The van der Waals surface area contributed by atoms with E-state index in [0.29, 0.717) is 6.04 Å². The van der Waals surface area contributed by atoms with E-state index >= 15 is 0 Å². The molecule has 0 spiro atoms. The van der Waals surface area contributed by atoms with Crippen molar-refractivity contribution in [2.75, 3.05) is 18.0 Å². The summed E-state index contributed by atoms with van der Waals surface area (Å²) in [6.45, 7) is 9.78. The quantitative estimate of drug-likeness (QED) is 0.907. The summed E-state index contributed by atoms with van der Waals surface area (Å²) >= 11 is 0. The van der Waals surface area contributed by atoms with Crippen LogP contribution in [0, 0.1) is 6.92 Å². The van der Waals surface area contributed by atoms with E-state index in [2.05, 4.69) is 47.8 Å². The maximum Gasteiger partial charge on any atom is 0.131 e. The molecule has 2 rings (SSSR count). The van der Waals surface area contributed by atoms with Gasteiger partial charge in [-0.2, -0.15) is 5.10 Å². The van der Waals surface area contributed by atoms with Gasteiger partial charge in [-0.05, 0) is 19.8 Å². The summed E-state index contributed by atoms with van der Waals surface area (Å²) < 4.78 is 2.07. The largest absolute Gasteiger partial charge is 0.357 e. The van der Waals surface area contributed by atoms with Gasteiger partial charge in [0, 0.05) is 38.3 Å². The van der Waals surface area contributed by atoms with Gasteiger partial charge in [0.2, 0.25) is 0 Å². The SMILES string of the molecule is Cc1nn(C)c(N2CCCCCC2)c1CNC(C)C. The van der Waals surface area contributed by atoms with E-state index in [1.54, 1.807) is 0 Å². The highest BCUT2D eigenvalue weighted by molar-refractivity contribution is 5.50. The molecule has 1 fully saturated rings. The lowest BCUT2D eigenvalue weighted by Gasteiger charge is -2.24. The Labute approximate surface area is 117 Å². The first-order valence-electron chi connectivity index (χ1n) is 7.60. The lowest BCUT2D eigenvalue weighted by Crippen LogP contribution is -2.29. The molecule has 0 unspecified atom stereocenters. The van der Waals surface area contributed by atoms with Crippen LogP contribution >= 0.6 is 0 Å². The molecule has 108 valence electrons. The number of hydrogen-bond acceptors (Lipinski definition) is 3. The van der Waals surface area contributed by atoms with Gasteiger partial charge in [-0.3, -0.25) is 4.68 Å². The van der Waals surface area contributed by atoms with E-state index in [0.717, 1.165) is 12.2 Å². The van der Waals surface area contributed by atoms with Crippen molar-refractivity contribution in [3.63, 3.8) is 0 Å². The van der Waals surface area contributed by atoms with E-state index in [1.165, 1.54) is 50.2 Å². The Bertz CT molecular complexity index is 401. The molecule has 0 atom stereocenters. The van der Waals surface area contributed by atoms with E-state index < -0.39 is 0 Å². The van der Waals surface area contributed by atoms with Gasteiger partial charge in [0.25, 0.3) is 0 Å². The van der Waals surface area contributed by atoms with Crippen LogP contribution in [0.4, 0.5) is 5.82 Å². The Morgan fingerprint density at radius 1 is 1.16 bits per heavy atom. The zero-order valence-corrected chi connectivity index (χ0v) is 12.9. The third-order valence-corrected chi connectivity index (χ3v) is 3.91. The molecular formula is C15H28N4. The second-order valence-corrected chi connectivity index (χ2v) is 5.95. The molecule has 4 heteroatoms. The Balaban J connectivity index is 2.21. The molecule has 0 saturated carbocycles. The minimum absolute atomic E-state index is 0.511. The number of aryl methyl sites for hydroxylation is 2. The molecule has 0 amide bonds. The normalized spacial score (nSPS) is 17.0. The summed E-state index contributed by atoms with van der Waals surface area (Å²) in [6, 6.07) is 0.511. The van der Waals surface area contributed by atoms with Crippen LogP contribution in [-0.2, 0) is 13.6 Å². The van der Waals surface area contributed by atoms with Crippen LogP contribution in [0.2, 0.25) is 0 Å². The molecule has 1 aromatic rings. The van der Waals surface area contributed by atoms with Crippen molar-refractivity contribution in [3.8, 4) is 0 Å². The topological polar surface area (TPSA) is 33.1 Å². The molecule has 0 aliphatic carbocycles. The fourth-order valence-electron chi connectivity index (χ4n) is 2.88. The molecule has 19 heavy (non-hydrogen) atoms. The number of hydrogen-bond donors (Lipinski definition) is 1. The highest BCUT2D eigenvalue weighted by atomic mass is 15.4. The summed E-state index contributed by atoms with van der Waals surface area (Å²) in [7, 11) is 2.08. The molecule has 1 aromatic heterocycles. The highest BCUT2D eigenvalue weighted by Gasteiger charge is 2.20. The molecule has 1 saturated heterocycles. The zero-order valence-electron chi connectivity index (χ0n) is 12.9. The maximum absolute atomic E-state index is 4.63. The molecule has 0 radical (unpaired) electrons. The van der Waals surface area contributed by atoms with Gasteiger partial charge in [-0.1, -0.05) is 26.7 Å². The highest BCUT2D eigenvalue weighted by Crippen LogP contribution is 2.25. The van der Waals surface area contributed by atoms with Crippen molar-refractivity contribution in [1.29, 1.82) is 0 Å². The van der Waals surface area contributed by atoms with Crippen molar-refractivity contribution in [3.05, 3.63) is 11.3 Å². The Morgan fingerprint density at radius 3 is 2.37 bits per heavy atom. The lowest BCUT2D eigenvalue weighted by atomic mass is 10.2.